The molecule has 0 aromatic carbocycles. The number of hydrogen-bond donors (Lipinski definition) is 4. The van der Waals surface area contributed by atoms with Crippen LogP contribution < -0.4 is 0 Å². The summed E-state index contributed by atoms with van der Waals surface area (Å²) in [5.41, 5.74) is 0. The third-order valence-electron chi connectivity index (χ3n) is 10.8. The molecule has 0 bridgehead atoms. The largest absolute Gasteiger partial charge is 0.462 e. The molecule has 0 aromatic heterocycles. The third-order valence-corrected chi connectivity index (χ3v) is 11.6. The van der Waals surface area contributed by atoms with E-state index in [0.717, 1.165) is 38.5 Å². The van der Waals surface area contributed by atoms with Crippen molar-refractivity contribution in [3.63, 3.8) is 0 Å². The van der Waals surface area contributed by atoms with Gasteiger partial charge in [-0.3, -0.25) is 14.1 Å². The maximum absolute atomic E-state index is 12.8. The van der Waals surface area contributed by atoms with E-state index in [1.54, 1.807) is 0 Å². The van der Waals surface area contributed by atoms with Gasteiger partial charge in [0.1, 0.15) is 36.8 Å². The van der Waals surface area contributed by atoms with Crippen molar-refractivity contribution in [2.75, 3.05) is 19.0 Å². The quantitative estimate of drug-likeness (QED) is 0.0199. The van der Waals surface area contributed by atoms with Gasteiger partial charge in [-0.05, 0) is 38.5 Å². The Bertz CT molecular complexity index is 1130. The fourth-order valence-electron chi connectivity index (χ4n) is 7.20. The molecule has 0 radical (unpaired) electrons. The lowest BCUT2D eigenvalue weighted by Gasteiger charge is -2.40. The average Bonchev–Trinajstić information content (AvgIpc) is 3.18. The van der Waals surface area contributed by atoms with E-state index in [-0.39, 0.29) is 19.4 Å². The molecule has 1 fully saturated rings. The van der Waals surface area contributed by atoms with E-state index in [1.165, 1.54) is 128 Å². The SMILES string of the molecule is CCCCCCCC/C=C/CCCCCCCCCCCC(=O)OC[C@H](CO[C@H]1O[C@H](CS(=O)(=O)O)[C@@H](O)C(O)C1O)OC(=O)CCCCCCCCCCCCC. The maximum Gasteiger partial charge on any atom is 0.306 e. The van der Waals surface area contributed by atoms with Gasteiger partial charge in [-0.15, -0.1) is 0 Å². The van der Waals surface area contributed by atoms with Crippen LogP contribution in [0, 0.1) is 0 Å². The Balaban J connectivity index is 2.39. The Morgan fingerprint density at radius 1 is 0.569 bits per heavy atom. The van der Waals surface area contributed by atoms with E-state index in [2.05, 4.69) is 26.0 Å². The van der Waals surface area contributed by atoms with Gasteiger partial charge in [0.15, 0.2) is 12.4 Å². The summed E-state index contributed by atoms with van der Waals surface area (Å²) in [5.74, 6) is -1.97. The Morgan fingerprint density at radius 2 is 0.983 bits per heavy atom. The fraction of sp³-hybridized carbons (Fsp3) is 0.911. The highest BCUT2D eigenvalue weighted by Gasteiger charge is 2.46. The number of hydrogen-bond acceptors (Lipinski definition) is 11. The van der Waals surface area contributed by atoms with Crippen molar-refractivity contribution in [2.24, 2.45) is 0 Å². The predicted octanol–water partition coefficient (Wildman–Crippen LogP) is 9.45. The second-order valence-electron chi connectivity index (χ2n) is 16.4. The number of aliphatic hydroxyl groups excluding tert-OH is 3. The average molecular weight is 849 g/mol. The normalized spacial score (nSPS) is 20.4. The van der Waals surface area contributed by atoms with Gasteiger partial charge >= 0.3 is 11.9 Å². The number of carbonyl (C=O) groups excluding carboxylic acids is 2. The number of rotatable bonds is 39. The van der Waals surface area contributed by atoms with Crippen molar-refractivity contribution in [1.29, 1.82) is 0 Å². The summed E-state index contributed by atoms with van der Waals surface area (Å²) in [5, 5.41) is 30.8. The van der Waals surface area contributed by atoms with Gasteiger partial charge in [-0.25, -0.2) is 0 Å². The molecule has 13 heteroatoms. The van der Waals surface area contributed by atoms with Gasteiger partial charge < -0.3 is 34.3 Å². The van der Waals surface area contributed by atoms with Crippen LogP contribution in [-0.4, -0.2) is 96.0 Å². The van der Waals surface area contributed by atoms with Gasteiger partial charge in [0.05, 0.1) is 6.61 Å². The molecule has 4 N–H and O–H groups in total. The molecule has 2 unspecified atom stereocenters. The van der Waals surface area contributed by atoms with Gasteiger partial charge in [0.2, 0.25) is 0 Å². The molecule has 0 spiro atoms. The first-order valence-electron chi connectivity index (χ1n) is 23.2. The van der Waals surface area contributed by atoms with Crippen LogP contribution in [0.25, 0.3) is 0 Å². The van der Waals surface area contributed by atoms with Crippen molar-refractivity contribution in [3.05, 3.63) is 12.2 Å². The fourth-order valence-corrected chi connectivity index (χ4v) is 7.89. The highest BCUT2D eigenvalue weighted by Crippen LogP contribution is 2.24. The molecule has 0 amide bonds. The van der Waals surface area contributed by atoms with Crippen LogP contribution in [0.5, 0.6) is 0 Å². The van der Waals surface area contributed by atoms with Crippen molar-refractivity contribution in [3.8, 4) is 0 Å². The maximum atomic E-state index is 12.8. The molecule has 58 heavy (non-hydrogen) atoms. The summed E-state index contributed by atoms with van der Waals surface area (Å²) in [4.78, 5) is 25.4. The van der Waals surface area contributed by atoms with Crippen LogP contribution in [-0.2, 0) is 38.7 Å². The second-order valence-corrected chi connectivity index (χ2v) is 17.9. The Hall–Kier alpha value is -1.61. The van der Waals surface area contributed by atoms with Crippen LogP contribution in [0.3, 0.4) is 0 Å². The molecular formula is C45H84O12S. The molecule has 1 aliphatic heterocycles. The summed E-state index contributed by atoms with van der Waals surface area (Å²) in [6.07, 6.45) is 28.3. The number of ether oxygens (including phenoxy) is 4. The van der Waals surface area contributed by atoms with Crippen LogP contribution >= 0.6 is 0 Å². The summed E-state index contributed by atoms with van der Waals surface area (Å²) in [7, 11) is -4.60. The molecular weight excluding hydrogens is 765 g/mol. The number of unbranched alkanes of at least 4 members (excludes halogenated alkanes) is 25. The standard InChI is InChI=1S/C45H84O12S/c1-3-5-7-9-11-13-15-16-17-18-19-20-21-22-24-25-27-29-31-33-40(46)54-35-38(56-41(47)34-32-30-28-26-23-14-12-10-8-6-4-2)36-55-45-44(50)43(49)42(48)39(57-45)37-58(51,52)53/h16-17,38-39,42-45,48-50H,3-15,18-37H2,1-2H3,(H,51,52,53)/b17-16+/t38-,39-,42-,43?,44?,45+/m1/s1. The zero-order chi connectivity index (χ0) is 42.7. The minimum absolute atomic E-state index is 0.169. The molecule has 342 valence electrons. The summed E-state index contributed by atoms with van der Waals surface area (Å²) < 4.78 is 54.0. The number of allylic oxidation sites excluding steroid dienone is 2. The zero-order valence-corrected chi connectivity index (χ0v) is 37.2. The highest BCUT2D eigenvalue weighted by atomic mass is 32.2. The number of esters is 2. The van der Waals surface area contributed by atoms with Crippen LogP contribution in [0.4, 0.5) is 0 Å². The van der Waals surface area contributed by atoms with E-state index in [1.807, 2.05) is 0 Å². The number of aliphatic hydroxyl groups is 3. The monoisotopic (exact) mass is 849 g/mol. The third kappa shape index (κ3) is 30.4. The topological polar surface area (TPSA) is 186 Å². The second kappa shape index (κ2) is 36.1. The Morgan fingerprint density at radius 3 is 1.43 bits per heavy atom. The van der Waals surface area contributed by atoms with Crippen LogP contribution in [0.15, 0.2) is 12.2 Å². The van der Waals surface area contributed by atoms with E-state index in [0.29, 0.717) is 12.8 Å². The van der Waals surface area contributed by atoms with E-state index < -0.39 is 71.2 Å². The van der Waals surface area contributed by atoms with Crippen LogP contribution in [0.2, 0.25) is 0 Å². The van der Waals surface area contributed by atoms with Gasteiger partial charge in [0, 0.05) is 12.8 Å². The molecule has 0 aromatic rings. The molecule has 0 saturated carbocycles. The first-order valence-corrected chi connectivity index (χ1v) is 24.9. The van der Waals surface area contributed by atoms with E-state index in [9.17, 15) is 37.9 Å². The molecule has 1 saturated heterocycles. The smallest absolute Gasteiger partial charge is 0.306 e. The van der Waals surface area contributed by atoms with Gasteiger partial charge in [-0.2, -0.15) is 8.42 Å². The molecule has 1 rings (SSSR count). The first-order chi connectivity index (χ1) is 28.0. The van der Waals surface area contributed by atoms with Gasteiger partial charge in [-0.1, -0.05) is 167 Å². The molecule has 0 aliphatic carbocycles. The first kappa shape index (κ1) is 54.4. The van der Waals surface area contributed by atoms with E-state index in [4.69, 9.17) is 18.9 Å². The Kier molecular flexibility index (Phi) is 33.8. The molecule has 1 heterocycles. The molecule has 6 atom stereocenters. The van der Waals surface area contributed by atoms with Crippen molar-refractivity contribution >= 4 is 22.1 Å². The van der Waals surface area contributed by atoms with E-state index >= 15 is 0 Å². The summed E-state index contributed by atoms with van der Waals surface area (Å²) >= 11 is 0. The molecule has 1 aliphatic rings. The predicted molar refractivity (Wildman–Crippen MR) is 229 cm³/mol. The highest BCUT2D eigenvalue weighted by molar-refractivity contribution is 7.85. The van der Waals surface area contributed by atoms with Crippen molar-refractivity contribution < 1.29 is 56.8 Å². The minimum atomic E-state index is -4.60. The van der Waals surface area contributed by atoms with Crippen molar-refractivity contribution in [2.45, 2.75) is 243 Å². The number of carbonyl (C=O) groups is 2. The van der Waals surface area contributed by atoms with Gasteiger partial charge in [0.25, 0.3) is 10.1 Å². The zero-order valence-electron chi connectivity index (χ0n) is 36.4. The summed E-state index contributed by atoms with van der Waals surface area (Å²) in [6.45, 7) is 3.75. The molecule has 12 nitrogen and oxygen atoms in total. The summed E-state index contributed by atoms with van der Waals surface area (Å²) in [6, 6.07) is 0. The van der Waals surface area contributed by atoms with Crippen molar-refractivity contribution in [1.82, 2.24) is 0 Å². The lowest BCUT2D eigenvalue weighted by Crippen LogP contribution is -2.60. The lowest BCUT2D eigenvalue weighted by atomic mass is 10.00. The minimum Gasteiger partial charge on any atom is -0.462 e. The lowest BCUT2D eigenvalue weighted by molar-refractivity contribution is -0.297. The Labute approximate surface area is 352 Å². The van der Waals surface area contributed by atoms with Crippen LogP contribution in [0.1, 0.15) is 206 Å².